The van der Waals surface area contributed by atoms with E-state index in [0.29, 0.717) is 5.54 Å². The second-order valence-corrected chi connectivity index (χ2v) is 7.97. The molecule has 1 aliphatic carbocycles. The van der Waals surface area contributed by atoms with Crippen LogP contribution in [-0.2, 0) is 0 Å². The standard InChI is InChI=1S/C19H30N2/c1-15-8-9-17(12-16(15)2)21-13-18(3,4)20-19(14-21)10-6-5-7-11-19/h8-9,12,20H,5-7,10-11,13-14H2,1-4H3. The van der Waals surface area contributed by atoms with Crippen molar-refractivity contribution in [1.29, 1.82) is 0 Å². The molecule has 0 unspecified atom stereocenters. The number of aryl methyl sites for hydroxylation is 2. The lowest BCUT2D eigenvalue weighted by molar-refractivity contribution is 0.146. The highest BCUT2D eigenvalue weighted by atomic mass is 15.3. The van der Waals surface area contributed by atoms with Crippen molar-refractivity contribution in [3.63, 3.8) is 0 Å². The topological polar surface area (TPSA) is 15.3 Å². The Morgan fingerprint density at radius 1 is 0.952 bits per heavy atom. The van der Waals surface area contributed by atoms with Gasteiger partial charge in [-0.2, -0.15) is 0 Å². The molecule has 1 aromatic carbocycles. The molecule has 0 aromatic heterocycles. The first-order valence-electron chi connectivity index (χ1n) is 8.51. The Morgan fingerprint density at radius 3 is 2.33 bits per heavy atom. The average Bonchev–Trinajstić information content (AvgIpc) is 2.40. The Balaban J connectivity index is 1.88. The molecular formula is C19H30N2. The van der Waals surface area contributed by atoms with Gasteiger partial charge in [0.15, 0.2) is 0 Å². The molecular weight excluding hydrogens is 256 g/mol. The molecule has 21 heavy (non-hydrogen) atoms. The monoisotopic (exact) mass is 286 g/mol. The maximum atomic E-state index is 3.99. The molecule has 1 heterocycles. The molecule has 0 bridgehead atoms. The molecule has 2 aliphatic rings. The lowest BCUT2D eigenvalue weighted by Gasteiger charge is -2.53. The smallest absolute Gasteiger partial charge is 0.0370 e. The van der Waals surface area contributed by atoms with Crippen LogP contribution in [0.25, 0.3) is 0 Å². The van der Waals surface area contributed by atoms with Crippen LogP contribution in [0.2, 0.25) is 0 Å². The zero-order chi connectivity index (χ0) is 15.1. The van der Waals surface area contributed by atoms with Crippen LogP contribution < -0.4 is 10.2 Å². The quantitative estimate of drug-likeness (QED) is 0.832. The van der Waals surface area contributed by atoms with Crippen molar-refractivity contribution in [3.8, 4) is 0 Å². The van der Waals surface area contributed by atoms with Crippen molar-refractivity contribution < 1.29 is 0 Å². The molecule has 116 valence electrons. The van der Waals surface area contributed by atoms with Crippen molar-refractivity contribution in [2.45, 2.75) is 70.9 Å². The van der Waals surface area contributed by atoms with Crippen LogP contribution in [0.15, 0.2) is 18.2 Å². The maximum Gasteiger partial charge on any atom is 0.0370 e. The number of anilines is 1. The van der Waals surface area contributed by atoms with Gasteiger partial charge in [-0.1, -0.05) is 25.3 Å². The third kappa shape index (κ3) is 3.11. The number of hydrogen-bond donors (Lipinski definition) is 1. The minimum absolute atomic E-state index is 0.189. The summed E-state index contributed by atoms with van der Waals surface area (Å²) in [5.74, 6) is 0. The normalized spacial score (nSPS) is 24.3. The minimum atomic E-state index is 0.189. The predicted molar refractivity (Wildman–Crippen MR) is 91.2 cm³/mol. The highest BCUT2D eigenvalue weighted by molar-refractivity contribution is 5.52. The molecule has 2 heteroatoms. The van der Waals surface area contributed by atoms with Gasteiger partial charge in [-0.15, -0.1) is 0 Å². The summed E-state index contributed by atoms with van der Waals surface area (Å²) in [7, 11) is 0. The van der Waals surface area contributed by atoms with E-state index in [1.807, 2.05) is 0 Å². The molecule has 1 saturated heterocycles. The molecule has 0 amide bonds. The molecule has 1 aliphatic heterocycles. The van der Waals surface area contributed by atoms with Gasteiger partial charge < -0.3 is 10.2 Å². The molecule has 1 N–H and O–H groups in total. The first-order chi connectivity index (χ1) is 9.89. The molecule has 0 radical (unpaired) electrons. The zero-order valence-electron chi connectivity index (χ0n) is 14.1. The summed E-state index contributed by atoms with van der Waals surface area (Å²) in [6, 6.07) is 6.95. The number of piperazine rings is 1. The third-order valence-electron chi connectivity index (χ3n) is 5.35. The van der Waals surface area contributed by atoms with Gasteiger partial charge in [-0.05, 0) is 63.8 Å². The molecule has 1 aromatic rings. The van der Waals surface area contributed by atoms with Gasteiger partial charge in [0.05, 0.1) is 0 Å². The largest absolute Gasteiger partial charge is 0.368 e. The Bertz CT molecular complexity index is 512. The Hall–Kier alpha value is -1.02. The molecule has 1 saturated carbocycles. The lowest BCUT2D eigenvalue weighted by atomic mass is 9.77. The van der Waals surface area contributed by atoms with Gasteiger partial charge in [-0.3, -0.25) is 0 Å². The Kier molecular flexibility index (Phi) is 3.77. The second kappa shape index (κ2) is 5.31. The van der Waals surface area contributed by atoms with E-state index < -0.39 is 0 Å². The van der Waals surface area contributed by atoms with E-state index in [2.05, 4.69) is 56.1 Å². The van der Waals surface area contributed by atoms with Gasteiger partial charge in [0.25, 0.3) is 0 Å². The van der Waals surface area contributed by atoms with E-state index in [-0.39, 0.29) is 5.54 Å². The summed E-state index contributed by atoms with van der Waals surface area (Å²) in [5.41, 5.74) is 4.72. The summed E-state index contributed by atoms with van der Waals surface area (Å²) in [4.78, 5) is 2.62. The van der Waals surface area contributed by atoms with Gasteiger partial charge in [0.1, 0.15) is 0 Å². The number of nitrogens with one attached hydrogen (secondary N) is 1. The van der Waals surface area contributed by atoms with Crippen molar-refractivity contribution in [2.75, 3.05) is 18.0 Å². The summed E-state index contributed by atoms with van der Waals surface area (Å²) in [6.07, 6.45) is 6.83. The minimum Gasteiger partial charge on any atom is -0.368 e. The number of hydrogen-bond acceptors (Lipinski definition) is 2. The van der Waals surface area contributed by atoms with Gasteiger partial charge in [-0.25, -0.2) is 0 Å². The summed E-state index contributed by atoms with van der Waals surface area (Å²) >= 11 is 0. The molecule has 2 fully saturated rings. The lowest BCUT2D eigenvalue weighted by Crippen LogP contribution is -2.69. The van der Waals surface area contributed by atoms with E-state index in [1.54, 1.807) is 0 Å². The van der Waals surface area contributed by atoms with Gasteiger partial charge >= 0.3 is 0 Å². The fraction of sp³-hybridized carbons (Fsp3) is 0.684. The summed E-state index contributed by atoms with van der Waals surface area (Å²) in [5, 5.41) is 3.99. The summed E-state index contributed by atoms with van der Waals surface area (Å²) < 4.78 is 0. The predicted octanol–water partition coefficient (Wildman–Crippen LogP) is 4.19. The van der Waals surface area contributed by atoms with Crippen LogP contribution in [0.1, 0.15) is 57.1 Å². The highest BCUT2D eigenvalue weighted by Gasteiger charge is 2.43. The first kappa shape index (κ1) is 14.9. The SMILES string of the molecule is Cc1ccc(N2CC(C)(C)NC3(CCCCC3)C2)cc1C. The van der Waals surface area contributed by atoms with Crippen molar-refractivity contribution in [2.24, 2.45) is 0 Å². The average molecular weight is 286 g/mol. The van der Waals surface area contributed by atoms with Crippen LogP contribution in [0.4, 0.5) is 5.69 Å². The van der Waals surface area contributed by atoms with Crippen molar-refractivity contribution in [3.05, 3.63) is 29.3 Å². The molecule has 0 atom stereocenters. The zero-order valence-corrected chi connectivity index (χ0v) is 14.1. The van der Waals surface area contributed by atoms with Crippen LogP contribution in [0, 0.1) is 13.8 Å². The van der Waals surface area contributed by atoms with E-state index >= 15 is 0 Å². The first-order valence-corrected chi connectivity index (χ1v) is 8.51. The van der Waals surface area contributed by atoms with Crippen molar-refractivity contribution >= 4 is 5.69 Å². The van der Waals surface area contributed by atoms with E-state index in [9.17, 15) is 0 Å². The molecule has 2 nitrogen and oxygen atoms in total. The van der Waals surface area contributed by atoms with Crippen molar-refractivity contribution in [1.82, 2.24) is 5.32 Å². The highest BCUT2D eigenvalue weighted by Crippen LogP contribution is 2.36. The molecule has 1 spiro atoms. The maximum absolute atomic E-state index is 3.99. The fourth-order valence-corrected chi connectivity index (χ4v) is 4.31. The van der Waals surface area contributed by atoms with Gasteiger partial charge in [0, 0.05) is 29.9 Å². The van der Waals surface area contributed by atoms with Crippen LogP contribution >= 0.6 is 0 Å². The van der Waals surface area contributed by atoms with Crippen LogP contribution in [0.3, 0.4) is 0 Å². The Morgan fingerprint density at radius 2 is 1.67 bits per heavy atom. The van der Waals surface area contributed by atoms with E-state index in [0.717, 1.165) is 6.54 Å². The number of rotatable bonds is 1. The molecule has 3 rings (SSSR count). The third-order valence-corrected chi connectivity index (χ3v) is 5.35. The summed E-state index contributed by atoms with van der Waals surface area (Å²) in [6.45, 7) is 11.4. The second-order valence-electron chi connectivity index (χ2n) is 7.97. The van der Waals surface area contributed by atoms with Gasteiger partial charge in [0.2, 0.25) is 0 Å². The number of benzene rings is 1. The Labute approximate surface area is 129 Å². The van der Waals surface area contributed by atoms with Crippen LogP contribution in [-0.4, -0.2) is 24.2 Å². The van der Waals surface area contributed by atoms with E-state index in [1.165, 1.54) is 55.5 Å². The fourth-order valence-electron chi connectivity index (χ4n) is 4.31. The number of nitrogens with zero attached hydrogens (tertiary/aromatic N) is 1. The van der Waals surface area contributed by atoms with E-state index in [4.69, 9.17) is 0 Å². The van der Waals surface area contributed by atoms with Crippen LogP contribution in [0.5, 0.6) is 0 Å².